The molecule has 3 nitrogen and oxygen atoms in total. The van der Waals surface area contributed by atoms with Crippen molar-refractivity contribution >= 4 is 0 Å². The SMILES string of the molecule is COCCCCOCc1ccco1. The average molecular weight is 184 g/mol. The van der Waals surface area contributed by atoms with E-state index in [9.17, 15) is 0 Å². The lowest BCUT2D eigenvalue weighted by Crippen LogP contribution is -1.96. The topological polar surface area (TPSA) is 31.6 Å². The number of methoxy groups -OCH3 is 1. The maximum Gasteiger partial charge on any atom is 0.129 e. The molecule has 74 valence electrons. The molecule has 3 heteroatoms. The minimum Gasteiger partial charge on any atom is -0.467 e. The van der Waals surface area contributed by atoms with E-state index < -0.39 is 0 Å². The molecule has 13 heavy (non-hydrogen) atoms. The number of hydrogen-bond donors (Lipinski definition) is 0. The summed E-state index contributed by atoms with van der Waals surface area (Å²) >= 11 is 0. The second-order valence-electron chi connectivity index (χ2n) is 2.83. The third-order valence-corrected chi connectivity index (χ3v) is 1.71. The van der Waals surface area contributed by atoms with E-state index in [1.807, 2.05) is 12.1 Å². The van der Waals surface area contributed by atoms with Crippen molar-refractivity contribution in [3.63, 3.8) is 0 Å². The Morgan fingerprint density at radius 1 is 1.31 bits per heavy atom. The van der Waals surface area contributed by atoms with Gasteiger partial charge in [-0.1, -0.05) is 0 Å². The summed E-state index contributed by atoms with van der Waals surface area (Å²) in [5.74, 6) is 0.881. The Kier molecular flexibility index (Phi) is 5.29. The molecule has 1 heterocycles. The van der Waals surface area contributed by atoms with Gasteiger partial charge in [0.25, 0.3) is 0 Å². The standard InChI is InChI=1S/C10H16O3/c1-11-6-2-3-7-12-9-10-5-4-8-13-10/h4-5,8H,2-3,6-7,9H2,1H3. The molecule has 0 aliphatic heterocycles. The second-order valence-corrected chi connectivity index (χ2v) is 2.83. The molecule has 0 atom stereocenters. The molecule has 0 aliphatic rings. The normalized spacial score (nSPS) is 10.5. The van der Waals surface area contributed by atoms with E-state index in [-0.39, 0.29) is 0 Å². The van der Waals surface area contributed by atoms with E-state index in [0.717, 1.165) is 31.8 Å². The molecule has 0 spiro atoms. The lowest BCUT2D eigenvalue weighted by atomic mass is 10.3. The highest BCUT2D eigenvalue weighted by Gasteiger charge is 1.94. The lowest BCUT2D eigenvalue weighted by molar-refractivity contribution is 0.0955. The summed E-state index contributed by atoms with van der Waals surface area (Å²) in [5, 5.41) is 0. The first-order valence-corrected chi connectivity index (χ1v) is 4.52. The smallest absolute Gasteiger partial charge is 0.129 e. The molecule has 0 aromatic carbocycles. The molecular formula is C10H16O3. The minimum absolute atomic E-state index is 0.569. The van der Waals surface area contributed by atoms with Crippen LogP contribution in [0.3, 0.4) is 0 Å². The predicted octanol–water partition coefficient (Wildman–Crippen LogP) is 2.22. The van der Waals surface area contributed by atoms with E-state index in [1.165, 1.54) is 0 Å². The van der Waals surface area contributed by atoms with Crippen molar-refractivity contribution in [1.29, 1.82) is 0 Å². The van der Waals surface area contributed by atoms with Gasteiger partial charge in [-0.15, -0.1) is 0 Å². The lowest BCUT2D eigenvalue weighted by Gasteiger charge is -2.01. The highest BCUT2D eigenvalue weighted by molar-refractivity contribution is 4.95. The Balaban J connectivity index is 1.90. The van der Waals surface area contributed by atoms with Crippen LogP contribution in [0.15, 0.2) is 22.8 Å². The zero-order valence-corrected chi connectivity index (χ0v) is 7.99. The Morgan fingerprint density at radius 3 is 2.85 bits per heavy atom. The van der Waals surface area contributed by atoms with Gasteiger partial charge in [-0.05, 0) is 25.0 Å². The molecule has 0 saturated heterocycles. The maximum atomic E-state index is 5.38. The third kappa shape index (κ3) is 4.70. The fourth-order valence-electron chi connectivity index (χ4n) is 1.02. The molecule has 0 bridgehead atoms. The summed E-state index contributed by atoms with van der Waals surface area (Å²) in [5.41, 5.74) is 0. The van der Waals surface area contributed by atoms with Crippen molar-refractivity contribution in [3.05, 3.63) is 24.2 Å². The Morgan fingerprint density at radius 2 is 2.15 bits per heavy atom. The fraction of sp³-hybridized carbons (Fsp3) is 0.600. The molecule has 0 N–H and O–H groups in total. The molecular weight excluding hydrogens is 168 g/mol. The van der Waals surface area contributed by atoms with Crippen LogP contribution in [0.5, 0.6) is 0 Å². The molecule has 1 aromatic heterocycles. The fourth-order valence-corrected chi connectivity index (χ4v) is 1.02. The summed E-state index contributed by atoms with van der Waals surface area (Å²) in [6, 6.07) is 3.78. The van der Waals surface area contributed by atoms with Crippen LogP contribution in [0.1, 0.15) is 18.6 Å². The summed E-state index contributed by atoms with van der Waals surface area (Å²) in [7, 11) is 1.71. The zero-order chi connectivity index (χ0) is 9.36. The van der Waals surface area contributed by atoms with Crippen molar-refractivity contribution in [3.8, 4) is 0 Å². The Hall–Kier alpha value is -0.800. The average Bonchev–Trinajstić information content (AvgIpc) is 2.63. The molecule has 0 aliphatic carbocycles. The molecule has 0 unspecified atom stereocenters. The van der Waals surface area contributed by atoms with Gasteiger partial charge in [0.05, 0.1) is 6.26 Å². The van der Waals surface area contributed by atoms with Crippen LogP contribution in [-0.2, 0) is 16.1 Å². The van der Waals surface area contributed by atoms with E-state index >= 15 is 0 Å². The Labute approximate surface area is 78.6 Å². The number of unbranched alkanes of at least 4 members (excludes halogenated alkanes) is 1. The largest absolute Gasteiger partial charge is 0.467 e. The molecule has 0 radical (unpaired) electrons. The van der Waals surface area contributed by atoms with Crippen molar-refractivity contribution in [2.45, 2.75) is 19.4 Å². The van der Waals surface area contributed by atoms with Gasteiger partial charge in [0.15, 0.2) is 0 Å². The number of rotatable bonds is 7. The van der Waals surface area contributed by atoms with Gasteiger partial charge in [-0.3, -0.25) is 0 Å². The van der Waals surface area contributed by atoms with Crippen LogP contribution in [0.25, 0.3) is 0 Å². The summed E-state index contributed by atoms with van der Waals surface area (Å²) in [4.78, 5) is 0. The van der Waals surface area contributed by atoms with Gasteiger partial charge in [0.1, 0.15) is 12.4 Å². The first kappa shape index (κ1) is 10.3. The second kappa shape index (κ2) is 6.69. The first-order valence-electron chi connectivity index (χ1n) is 4.52. The summed E-state index contributed by atoms with van der Waals surface area (Å²) in [6.45, 7) is 2.15. The van der Waals surface area contributed by atoms with Crippen molar-refractivity contribution in [1.82, 2.24) is 0 Å². The predicted molar refractivity (Wildman–Crippen MR) is 49.5 cm³/mol. The van der Waals surface area contributed by atoms with E-state index in [0.29, 0.717) is 6.61 Å². The highest BCUT2D eigenvalue weighted by atomic mass is 16.5. The van der Waals surface area contributed by atoms with Crippen molar-refractivity contribution < 1.29 is 13.9 Å². The first-order chi connectivity index (χ1) is 6.43. The van der Waals surface area contributed by atoms with Crippen LogP contribution in [0.2, 0.25) is 0 Å². The minimum atomic E-state index is 0.569. The zero-order valence-electron chi connectivity index (χ0n) is 7.99. The summed E-state index contributed by atoms with van der Waals surface area (Å²) in [6.07, 6.45) is 3.74. The van der Waals surface area contributed by atoms with Gasteiger partial charge in [-0.25, -0.2) is 0 Å². The molecule has 0 amide bonds. The van der Waals surface area contributed by atoms with Gasteiger partial charge >= 0.3 is 0 Å². The van der Waals surface area contributed by atoms with E-state index in [2.05, 4.69) is 0 Å². The monoisotopic (exact) mass is 184 g/mol. The molecule has 0 fully saturated rings. The van der Waals surface area contributed by atoms with E-state index in [1.54, 1.807) is 13.4 Å². The van der Waals surface area contributed by atoms with Crippen LogP contribution in [0.4, 0.5) is 0 Å². The molecule has 1 rings (SSSR count). The quantitative estimate of drug-likeness (QED) is 0.609. The number of hydrogen-bond acceptors (Lipinski definition) is 3. The van der Waals surface area contributed by atoms with Gasteiger partial charge in [0, 0.05) is 20.3 Å². The van der Waals surface area contributed by atoms with Crippen molar-refractivity contribution in [2.75, 3.05) is 20.3 Å². The van der Waals surface area contributed by atoms with Crippen molar-refractivity contribution in [2.24, 2.45) is 0 Å². The van der Waals surface area contributed by atoms with Crippen LogP contribution < -0.4 is 0 Å². The number of ether oxygens (including phenoxy) is 2. The molecule has 0 saturated carbocycles. The van der Waals surface area contributed by atoms with Gasteiger partial charge < -0.3 is 13.9 Å². The Bertz CT molecular complexity index is 194. The summed E-state index contributed by atoms with van der Waals surface area (Å²) < 4.78 is 15.4. The van der Waals surface area contributed by atoms with Gasteiger partial charge in [-0.2, -0.15) is 0 Å². The van der Waals surface area contributed by atoms with Crippen LogP contribution in [-0.4, -0.2) is 20.3 Å². The van der Waals surface area contributed by atoms with Crippen LogP contribution in [0, 0.1) is 0 Å². The van der Waals surface area contributed by atoms with Gasteiger partial charge in [0.2, 0.25) is 0 Å². The highest BCUT2D eigenvalue weighted by Crippen LogP contribution is 2.02. The maximum absolute atomic E-state index is 5.38. The molecule has 1 aromatic rings. The van der Waals surface area contributed by atoms with Crippen LogP contribution >= 0.6 is 0 Å². The number of furan rings is 1. The third-order valence-electron chi connectivity index (χ3n) is 1.71. The van der Waals surface area contributed by atoms with E-state index in [4.69, 9.17) is 13.9 Å².